The largest absolute Gasteiger partial charge is 0.497 e. The van der Waals surface area contributed by atoms with Gasteiger partial charge in [-0.2, -0.15) is 4.98 Å². The van der Waals surface area contributed by atoms with Crippen molar-refractivity contribution in [2.75, 3.05) is 20.8 Å². The van der Waals surface area contributed by atoms with E-state index in [2.05, 4.69) is 21.4 Å². The Morgan fingerprint density at radius 2 is 1.91 bits per heavy atom. The third kappa shape index (κ3) is 5.31. The van der Waals surface area contributed by atoms with E-state index in [1.165, 1.54) is 37.5 Å². The second-order valence-electron chi connectivity index (χ2n) is 6.32. The number of carbonyl (C=O) groups is 1. The van der Waals surface area contributed by atoms with Gasteiger partial charge in [-0.3, -0.25) is 0 Å². The molecule has 0 bridgehead atoms. The fourth-order valence-corrected chi connectivity index (χ4v) is 3.64. The van der Waals surface area contributed by atoms with Crippen LogP contribution in [-0.4, -0.2) is 45.3 Å². The Morgan fingerprint density at radius 3 is 2.56 bits per heavy atom. The summed E-state index contributed by atoms with van der Waals surface area (Å²) >= 11 is 0. The number of hydrogen-bond donors (Lipinski definition) is 1. The minimum Gasteiger partial charge on any atom is -0.497 e. The first-order valence-corrected chi connectivity index (χ1v) is 10.8. The topological polar surface area (TPSA) is 130 Å². The molecule has 11 heteroatoms. The van der Waals surface area contributed by atoms with Crippen LogP contribution in [0, 0.1) is 0 Å². The molecular formula is C21H21N3O7S. The molecule has 0 saturated carbocycles. The van der Waals surface area contributed by atoms with Gasteiger partial charge < -0.3 is 18.7 Å². The number of ether oxygens (including phenoxy) is 3. The van der Waals surface area contributed by atoms with Crippen LogP contribution in [0.3, 0.4) is 0 Å². The van der Waals surface area contributed by atoms with Crippen LogP contribution in [0.15, 0.2) is 64.5 Å². The first kappa shape index (κ1) is 23.0. The molecule has 0 aliphatic carbocycles. The maximum atomic E-state index is 12.3. The van der Waals surface area contributed by atoms with E-state index >= 15 is 0 Å². The minimum atomic E-state index is -3.68. The lowest BCUT2D eigenvalue weighted by molar-refractivity contribution is 0.0429. The molecule has 0 radical (unpaired) electrons. The van der Waals surface area contributed by atoms with Crippen LogP contribution in [0.5, 0.6) is 11.5 Å². The molecule has 1 heterocycles. The van der Waals surface area contributed by atoms with Crippen molar-refractivity contribution in [3.63, 3.8) is 0 Å². The molecule has 10 nitrogen and oxygen atoms in total. The van der Waals surface area contributed by atoms with Crippen molar-refractivity contribution in [1.82, 2.24) is 14.9 Å². The number of benzene rings is 2. The van der Waals surface area contributed by atoms with E-state index in [-0.39, 0.29) is 35.3 Å². The van der Waals surface area contributed by atoms with Crippen LogP contribution in [-0.2, 0) is 21.4 Å². The van der Waals surface area contributed by atoms with E-state index in [1.807, 2.05) is 0 Å². The third-order valence-electron chi connectivity index (χ3n) is 4.26. The molecule has 0 spiro atoms. The molecule has 0 aliphatic heterocycles. The molecule has 32 heavy (non-hydrogen) atoms. The molecule has 0 atom stereocenters. The number of hydrogen-bond acceptors (Lipinski definition) is 9. The Bertz CT molecular complexity index is 1200. The standard InChI is InChI=1S/C21H21N3O7S/c1-4-11-22-32(26,27)16-8-5-14(6-9-16)21(25)30-13-19-23-20(24-31-19)17-10-7-15(28-2)12-18(17)29-3/h4-10,12,22H,1,11,13H2,2-3H3. The molecule has 1 aromatic heterocycles. The van der Waals surface area contributed by atoms with Crippen molar-refractivity contribution < 1.29 is 31.9 Å². The third-order valence-corrected chi connectivity index (χ3v) is 5.70. The molecule has 3 rings (SSSR count). The number of carbonyl (C=O) groups excluding carboxylic acids is 1. The summed E-state index contributed by atoms with van der Waals surface area (Å²) in [5.74, 6) is 0.774. The predicted octanol–water partition coefficient (Wildman–Crippen LogP) is 2.58. The van der Waals surface area contributed by atoms with Crippen LogP contribution in [0.25, 0.3) is 11.4 Å². The van der Waals surface area contributed by atoms with Gasteiger partial charge in [0.25, 0.3) is 5.89 Å². The van der Waals surface area contributed by atoms with Crippen LogP contribution >= 0.6 is 0 Å². The van der Waals surface area contributed by atoms with Crippen molar-refractivity contribution in [1.29, 1.82) is 0 Å². The first-order chi connectivity index (χ1) is 15.4. The Labute approximate surface area is 184 Å². The average molecular weight is 459 g/mol. The average Bonchev–Trinajstić information content (AvgIpc) is 3.29. The van der Waals surface area contributed by atoms with Gasteiger partial charge in [0, 0.05) is 12.6 Å². The van der Waals surface area contributed by atoms with Gasteiger partial charge in [-0.1, -0.05) is 11.2 Å². The number of nitrogens with one attached hydrogen (secondary N) is 1. The van der Waals surface area contributed by atoms with Gasteiger partial charge in [-0.05, 0) is 36.4 Å². The zero-order valence-electron chi connectivity index (χ0n) is 17.4. The summed E-state index contributed by atoms with van der Waals surface area (Å²) in [5, 5.41) is 3.89. The van der Waals surface area contributed by atoms with Crippen LogP contribution in [0.4, 0.5) is 0 Å². The van der Waals surface area contributed by atoms with Gasteiger partial charge in [0.05, 0.1) is 30.2 Å². The molecule has 168 valence electrons. The van der Waals surface area contributed by atoms with E-state index in [1.54, 1.807) is 25.3 Å². The monoisotopic (exact) mass is 459 g/mol. The molecule has 3 aromatic rings. The molecule has 0 unspecified atom stereocenters. The highest BCUT2D eigenvalue weighted by atomic mass is 32.2. The fraction of sp³-hybridized carbons (Fsp3) is 0.190. The van der Waals surface area contributed by atoms with Gasteiger partial charge in [-0.25, -0.2) is 17.9 Å². The number of methoxy groups -OCH3 is 2. The van der Waals surface area contributed by atoms with E-state index in [0.29, 0.717) is 17.1 Å². The Kier molecular flexibility index (Phi) is 7.23. The van der Waals surface area contributed by atoms with E-state index in [9.17, 15) is 13.2 Å². The first-order valence-electron chi connectivity index (χ1n) is 9.30. The van der Waals surface area contributed by atoms with Gasteiger partial charge >= 0.3 is 5.97 Å². The quantitative estimate of drug-likeness (QED) is 0.359. The second-order valence-corrected chi connectivity index (χ2v) is 8.09. The van der Waals surface area contributed by atoms with Gasteiger partial charge in [0.2, 0.25) is 15.8 Å². The van der Waals surface area contributed by atoms with Crippen LogP contribution in [0.1, 0.15) is 16.2 Å². The molecule has 0 fully saturated rings. The van der Waals surface area contributed by atoms with Crippen molar-refractivity contribution in [3.05, 3.63) is 66.6 Å². The maximum absolute atomic E-state index is 12.3. The summed E-state index contributed by atoms with van der Waals surface area (Å²) in [5.41, 5.74) is 0.751. The van der Waals surface area contributed by atoms with Gasteiger partial charge in [0.1, 0.15) is 11.5 Å². The van der Waals surface area contributed by atoms with Crippen molar-refractivity contribution in [2.24, 2.45) is 0 Å². The number of sulfonamides is 1. The fourth-order valence-electron chi connectivity index (χ4n) is 2.64. The summed E-state index contributed by atoms with van der Waals surface area (Å²) in [6, 6.07) is 10.5. The molecule has 0 aliphatic rings. The van der Waals surface area contributed by atoms with Crippen molar-refractivity contribution in [2.45, 2.75) is 11.5 Å². The number of aromatic nitrogens is 2. The summed E-state index contributed by atoms with van der Waals surface area (Å²) in [7, 11) is -0.629. The smallest absolute Gasteiger partial charge is 0.338 e. The number of esters is 1. The summed E-state index contributed by atoms with van der Waals surface area (Å²) in [6.45, 7) is 3.30. The lowest BCUT2D eigenvalue weighted by atomic mass is 10.2. The maximum Gasteiger partial charge on any atom is 0.338 e. The van der Waals surface area contributed by atoms with Crippen molar-refractivity contribution in [3.8, 4) is 22.9 Å². The van der Waals surface area contributed by atoms with Crippen LogP contribution in [0.2, 0.25) is 0 Å². The SMILES string of the molecule is C=CCNS(=O)(=O)c1ccc(C(=O)OCc2nc(-c3ccc(OC)cc3OC)no2)cc1. The number of nitrogens with zero attached hydrogens (tertiary/aromatic N) is 2. The highest BCUT2D eigenvalue weighted by molar-refractivity contribution is 7.89. The Hall–Kier alpha value is -3.70. The summed E-state index contributed by atoms with van der Waals surface area (Å²) in [4.78, 5) is 16.5. The minimum absolute atomic E-state index is 0.0193. The van der Waals surface area contributed by atoms with E-state index < -0.39 is 16.0 Å². The predicted molar refractivity (Wildman–Crippen MR) is 114 cm³/mol. The lowest BCUT2D eigenvalue weighted by Gasteiger charge is -2.07. The number of rotatable bonds is 10. The zero-order valence-corrected chi connectivity index (χ0v) is 18.2. The van der Waals surface area contributed by atoms with E-state index in [0.717, 1.165) is 0 Å². The highest BCUT2D eigenvalue weighted by Gasteiger charge is 2.17. The zero-order chi connectivity index (χ0) is 23.1. The van der Waals surface area contributed by atoms with Crippen molar-refractivity contribution >= 4 is 16.0 Å². The highest BCUT2D eigenvalue weighted by Crippen LogP contribution is 2.31. The van der Waals surface area contributed by atoms with Gasteiger partial charge in [-0.15, -0.1) is 6.58 Å². The molecule has 2 aromatic carbocycles. The Morgan fingerprint density at radius 1 is 1.16 bits per heavy atom. The van der Waals surface area contributed by atoms with Crippen LogP contribution < -0.4 is 14.2 Å². The molecule has 0 saturated heterocycles. The molecule has 1 N–H and O–H groups in total. The normalized spacial score (nSPS) is 11.1. The Balaban J connectivity index is 1.65. The lowest BCUT2D eigenvalue weighted by Crippen LogP contribution is -2.23. The molecule has 0 amide bonds. The van der Waals surface area contributed by atoms with Gasteiger partial charge in [0.15, 0.2) is 6.61 Å². The summed E-state index contributed by atoms with van der Waals surface area (Å²) in [6.07, 6.45) is 1.43. The summed E-state index contributed by atoms with van der Waals surface area (Å²) < 4.78 is 47.3. The van der Waals surface area contributed by atoms with E-state index in [4.69, 9.17) is 18.7 Å². The second kappa shape index (κ2) is 10.1. The molecular weight excluding hydrogens is 438 g/mol.